The molecule has 1 aromatic carbocycles. The average Bonchev–Trinajstić information content (AvgIpc) is 2.21. The molecule has 0 radical (unpaired) electrons. The van der Waals surface area contributed by atoms with E-state index in [0.717, 1.165) is 5.56 Å². The van der Waals surface area contributed by atoms with Gasteiger partial charge < -0.3 is 9.47 Å². The van der Waals surface area contributed by atoms with E-state index in [4.69, 9.17) is 16.3 Å². The summed E-state index contributed by atoms with van der Waals surface area (Å²) >= 11 is 5.92. The van der Waals surface area contributed by atoms with Gasteiger partial charge in [0.15, 0.2) is 0 Å². The van der Waals surface area contributed by atoms with E-state index < -0.39 is 5.97 Å². The number of methoxy groups -OCH3 is 1. The number of carbonyl (C=O) groups excluding carboxylic acids is 1. The monoisotopic (exact) mass is 242 g/mol. The fourth-order valence-corrected chi connectivity index (χ4v) is 1.56. The van der Waals surface area contributed by atoms with Crippen LogP contribution in [0.1, 0.15) is 29.8 Å². The Labute approximate surface area is 100 Å². The van der Waals surface area contributed by atoms with Crippen molar-refractivity contribution >= 4 is 17.6 Å². The lowest BCUT2D eigenvalue weighted by Crippen LogP contribution is -2.10. The molecule has 0 bridgehead atoms. The number of hydrogen-bond donors (Lipinski definition) is 0. The molecule has 0 aliphatic heterocycles. The number of esters is 1. The molecule has 16 heavy (non-hydrogen) atoms. The van der Waals surface area contributed by atoms with Gasteiger partial charge in [0, 0.05) is 10.6 Å². The van der Waals surface area contributed by atoms with E-state index >= 15 is 0 Å². The van der Waals surface area contributed by atoms with Gasteiger partial charge in [-0.3, -0.25) is 0 Å². The summed E-state index contributed by atoms with van der Waals surface area (Å²) in [5.74, 6) is 0.205. The Morgan fingerprint density at radius 1 is 1.38 bits per heavy atom. The molecule has 0 saturated heterocycles. The number of carbonyl (C=O) groups is 1. The van der Waals surface area contributed by atoms with E-state index in [9.17, 15) is 4.79 Å². The summed E-state index contributed by atoms with van der Waals surface area (Å²) in [6.07, 6.45) is 0.0302. The Hall–Kier alpha value is -1.22. The van der Waals surface area contributed by atoms with E-state index in [-0.39, 0.29) is 6.10 Å². The molecule has 3 nitrogen and oxygen atoms in total. The second-order valence-corrected chi connectivity index (χ2v) is 4.17. The molecule has 0 aliphatic carbocycles. The third-order valence-corrected chi connectivity index (χ3v) is 2.31. The fourth-order valence-electron chi connectivity index (χ4n) is 1.35. The third kappa shape index (κ3) is 2.89. The largest absolute Gasteiger partial charge is 0.491 e. The van der Waals surface area contributed by atoms with Crippen LogP contribution >= 0.6 is 11.6 Å². The first-order chi connectivity index (χ1) is 7.45. The van der Waals surface area contributed by atoms with Gasteiger partial charge in [0.25, 0.3) is 0 Å². The first-order valence-electron chi connectivity index (χ1n) is 5.00. The van der Waals surface area contributed by atoms with Crippen LogP contribution < -0.4 is 4.74 Å². The first-order valence-corrected chi connectivity index (χ1v) is 5.38. The van der Waals surface area contributed by atoms with Crippen LogP contribution in [0.5, 0.6) is 5.75 Å². The van der Waals surface area contributed by atoms with Crippen LogP contribution in [0.3, 0.4) is 0 Å². The van der Waals surface area contributed by atoms with Gasteiger partial charge in [-0.1, -0.05) is 11.6 Å². The summed E-state index contributed by atoms with van der Waals surface area (Å²) in [5.41, 5.74) is 1.18. The Balaban J connectivity index is 3.20. The lowest BCUT2D eigenvalue weighted by Gasteiger charge is -2.14. The Kier molecular flexibility index (Phi) is 4.19. The first kappa shape index (κ1) is 12.8. The molecule has 0 N–H and O–H groups in total. The van der Waals surface area contributed by atoms with Crippen molar-refractivity contribution in [1.29, 1.82) is 0 Å². The van der Waals surface area contributed by atoms with E-state index in [2.05, 4.69) is 4.74 Å². The summed E-state index contributed by atoms with van der Waals surface area (Å²) in [5, 5.41) is 0.460. The molecule has 0 fully saturated rings. The molecule has 0 amide bonds. The molecule has 0 saturated carbocycles. The summed E-state index contributed by atoms with van der Waals surface area (Å²) in [4.78, 5) is 11.5. The highest BCUT2D eigenvalue weighted by Gasteiger charge is 2.15. The van der Waals surface area contributed by atoms with E-state index in [1.54, 1.807) is 19.1 Å². The molecular weight excluding hydrogens is 228 g/mol. The highest BCUT2D eigenvalue weighted by Crippen LogP contribution is 2.28. The van der Waals surface area contributed by atoms with Gasteiger partial charge in [0.2, 0.25) is 0 Å². The lowest BCUT2D eigenvalue weighted by molar-refractivity contribution is 0.0599. The van der Waals surface area contributed by atoms with Crippen molar-refractivity contribution < 1.29 is 14.3 Å². The zero-order chi connectivity index (χ0) is 12.3. The van der Waals surface area contributed by atoms with Crippen LogP contribution in [0.15, 0.2) is 12.1 Å². The zero-order valence-corrected chi connectivity index (χ0v) is 10.6. The molecule has 0 aliphatic rings. The van der Waals surface area contributed by atoms with Crippen molar-refractivity contribution in [2.75, 3.05) is 7.11 Å². The normalized spacial score (nSPS) is 10.4. The minimum atomic E-state index is -0.409. The van der Waals surface area contributed by atoms with Crippen LogP contribution in [0.2, 0.25) is 5.02 Å². The third-order valence-electron chi connectivity index (χ3n) is 2.09. The fraction of sp³-hybridized carbons (Fsp3) is 0.417. The lowest BCUT2D eigenvalue weighted by atomic mass is 10.1. The zero-order valence-electron chi connectivity index (χ0n) is 9.83. The van der Waals surface area contributed by atoms with Crippen LogP contribution in [-0.2, 0) is 4.74 Å². The van der Waals surface area contributed by atoms with Gasteiger partial charge >= 0.3 is 5.97 Å². The molecule has 0 unspecified atom stereocenters. The maximum Gasteiger partial charge on any atom is 0.338 e. The predicted molar refractivity (Wildman–Crippen MR) is 63.3 cm³/mol. The SMILES string of the molecule is COC(=O)c1cc(Cl)cc(OC(C)C)c1C. The molecule has 88 valence electrons. The van der Waals surface area contributed by atoms with Gasteiger partial charge in [-0.05, 0) is 32.9 Å². The Morgan fingerprint density at radius 2 is 2.00 bits per heavy atom. The van der Waals surface area contributed by atoms with Gasteiger partial charge in [-0.15, -0.1) is 0 Å². The molecule has 0 atom stereocenters. The number of rotatable bonds is 3. The molecule has 0 aromatic heterocycles. The van der Waals surface area contributed by atoms with Gasteiger partial charge in [-0.25, -0.2) is 4.79 Å². The smallest absolute Gasteiger partial charge is 0.338 e. The molecule has 0 spiro atoms. The predicted octanol–water partition coefficient (Wildman–Crippen LogP) is 3.22. The maximum absolute atomic E-state index is 11.5. The number of hydrogen-bond acceptors (Lipinski definition) is 3. The van der Waals surface area contributed by atoms with Crippen LogP contribution in [0, 0.1) is 6.92 Å². The van der Waals surface area contributed by atoms with Gasteiger partial charge in [0.1, 0.15) is 5.75 Å². The van der Waals surface area contributed by atoms with Crippen molar-refractivity contribution in [3.63, 3.8) is 0 Å². The minimum Gasteiger partial charge on any atom is -0.491 e. The van der Waals surface area contributed by atoms with Crippen molar-refractivity contribution in [2.24, 2.45) is 0 Å². The summed E-state index contributed by atoms with van der Waals surface area (Å²) in [6.45, 7) is 5.64. The van der Waals surface area contributed by atoms with Crippen molar-refractivity contribution in [3.05, 3.63) is 28.3 Å². The molecule has 4 heteroatoms. The summed E-state index contributed by atoms with van der Waals surface area (Å²) < 4.78 is 10.2. The van der Waals surface area contributed by atoms with E-state index in [0.29, 0.717) is 16.3 Å². The number of ether oxygens (including phenoxy) is 2. The van der Waals surface area contributed by atoms with E-state index in [1.165, 1.54) is 7.11 Å². The molecule has 1 rings (SSSR count). The van der Waals surface area contributed by atoms with Crippen LogP contribution in [0.4, 0.5) is 0 Å². The topological polar surface area (TPSA) is 35.5 Å². The maximum atomic E-state index is 11.5. The van der Waals surface area contributed by atoms with E-state index in [1.807, 2.05) is 13.8 Å². The Morgan fingerprint density at radius 3 is 2.50 bits per heavy atom. The summed E-state index contributed by atoms with van der Waals surface area (Å²) in [6, 6.07) is 3.28. The minimum absolute atomic E-state index is 0.0302. The second kappa shape index (κ2) is 5.21. The standard InChI is InChI=1S/C12H15ClO3/c1-7(2)16-11-6-9(13)5-10(8(11)3)12(14)15-4/h5-7H,1-4H3. The highest BCUT2D eigenvalue weighted by atomic mass is 35.5. The highest BCUT2D eigenvalue weighted by molar-refractivity contribution is 6.31. The van der Waals surface area contributed by atoms with Crippen molar-refractivity contribution in [1.82, 2.24) is 0 Å². The number of benzene rings is 1. The number of halogens is 1. The average molecular weight is 243 g/mol. The van der Waals surface area contributed by atoms with Gasteiger partial charge in [0.05, 0.1) is 18.8 Å². The van der Waals surface area contributed by atoms with Crippen LogP contribution in [0.25, 0.3) is 0 Å². The Bertz CT molecular complexity index is 399. The summed E-state index contributed by atoms with van der Waals surface area (Å²) in [7, 11) is 1.34. The molecule has 0 heterocycles. The van der Waals surface area contributed by atoms with Crippen molar-refractivity contribution in [3.8, 4) is 5.75 Å². The van der Waals surface area contributed by atoms with Crippen LogP contribution in [-0.4, -0.2) is 19.2 Å². The van der Waals surface area contributed by atoms with Gasteiger partial charge in [-0.2, -0.15) is 0 Å². The molecular formula is C12H15ClO3. The molecule has 1 aromatic rings. The van der Waals surface area contributed by atoms with Crippen molar-refractivity contribution in [2.45, 2.75) is 26.9 Å². The second-order valence-electron chi connectivity index (χ2n) is 3.73. The quantitative estimate of drug-likeness (QED) is 0.764.